The topological polar surface area (TPSA) is 52.5 Å². The van der Waals surface area contributed by atoms with E-state index in [-0.39, 0.29) is 12.7 Å². The Bertz CT molecular complexity index is 81.1. The van der Waals surface area contributed by atoms with E-state index < -0.39 is 0 Å². The van der Waals surface area contributed by atoms with E-state index in [1.54, 1.807) is 0 Å². The normalized spacial score (nSPS) is 34.0. The van der Waals surface area contributed by atoms with Crippen LogP contribution < -0.4 is 5.32 Å². The third-order valence-electron chi connectivity index (χ3n) is 1.66. The molecule has 3 N–H and O–H groups in total. The molecule has 1 rings (SSSR count). The van der Waals surface area contributed by atoms with Crippen LogP contribution in [0.2, 0.25) is 0 Å². The van der Waals surface area contributed by atoms with Gasteiger partial charge in [-0.15, -0.1) is 0 Å². The largest absolute Gasteiger partial charge is 0.395 e. The maximum Gasteiger partial charge on any atom is 0.0570 e. The van der Waals surface area contributed by atoms with Crippen LogP contribution in [0.4, 0.5) is 0 Å². The minimum absolute atomic E-state index is 0.0961. The SMILES string of the molecule is OCCNC1CC(O)C1. The van der Waals surface area contributed by atoms with Gasteiger partial charge < -0.3 is 15.5 Å². The van der Waals surface area contributed by atoms with Crippen molar-refractivity contribution in [3.63, 3.8) is 0 Å². The summed E-state index contributed by atoms with van der Waals surface area (Å²) in [7, 11) is 0. The quantitative estimate of drug-likeness (QED) is 0.465. The van der Waals surface area contributed by atoms with Gasteiger partial charge in [-0.05, 0) is 12.8 Å². The molecule has 3 nitrogen and oxygen atoms in total. The molecule has 0 aromatic carbocycles. The van der Waals surface area contributed by atoms with Gasteiger partial charge in [-0.1, -0.05) is 0 Å². The Morgan fingerprint density at radius 2 is 2.11 bits per heavy atom. The average molecular weight is 131 g/mol. The molecule has 1 saturated carbocycles. The fourth-order valence-electron chi connectivity index (χ4n) is 1.02. The van der Waals surface area contributed by atoms with E-state index in [4.69, 9.17) is 10.2 Å². The molecule has 9 heavy (non-hydrogen) atoms. The van der Waals surface area contributed by atoms with Gasteiger partial charge in [0.25, 0.3) is 0 Å². The summed E-state index contributed by atoms with van der Waals surface area (Å²) in [6.45, 7) is 0.837. The van der Waals surface area contributed by atoms with Gasteiger partial charge in [0.15, 0.2) is 0 Å². The molecule has 0 heterocycles. The van der Waals surface area contributed by atoms with Crippen LogP contribution in [0.15, 0.2) is 0 Å². The van der Waals surface area contributed by atoms with Crippen molar-refractivity contribution in [2.24, 2.45) is 0 Å². The summed E-state index contributed by atoms with van der Waals surface area (Å²) >= 11 is 0. The standard InChI is InChI=1S/C6H13NO2/c8-2-1-7-5-3-6(9)4-5/h5-9H,1-4H2. The van der Waals surface area contributed by atoms with Crippen LogP contribution in [-0.2, 0) is 0 Å². The molecule has 0 amide bonds. The lowest BCUT2D eigenvalue weighted by molar-refractivity contribution is 0.0607. The second kappa shape index (κ2) is 3.15. The Hall–Kier alpha value is -0.120. The van der Waals surface area contributed by atoms with Crippen LogP contribution in [0.1, 0.15) is 12.8 Å². The Morgan fingerprint density at radius 1 is 1.44 bits per heavy atom. The molecule has 0 bridgehead atoms. The Labute approximate surface area is 54.7 Å². The van der Waals surface area contributed by atoms with E-state index in [0.29, 0.717) is 12.6 Å². The molecule has 3 heteroatoms. The van der Waals surface area contributed by atoms with Crippen molar-refractivity contribution in [3.8, 4) is 0 Å². The predicted molar refractivity (Wildman–Crippen MR) is 34.1 cm³/mol. The van der Waals surface area contributed by atoms with Crippen molar-refractivity contribution in [1.29, 1.82) is 0 Å². The number of hydrogen-bond donors (Lipinski definition) is 3. The lowest BCUT2D eigenvalue weighted by Gasteiger charge is -2.31. The van der Waals surface area contributed by atoms with Crippen LogP contribution >= 0.6 is 0 Å². The lowest BCUT2D eigenvalue weighted by atomic mass is 9.90. The summed E-state index contributed by atoms with van der Waals surface area (Å²) in [5.41, 5.74) is 0. The lowest BCUT2D eigenvalue weighted by Crippen LogP contribution is -2.44. The molecule has 0 spiro atoms. The molecule has 1 aliphatic carbocycles. The highest BCUT2D eigenvalue weighted by atomic mass is 16.3. The molecule has 0 radical (unpaired) electrons. The van der Waals surface area contributed by atoms with E-state index in [0.717, 1.165) is 12.8 Å². The van der Waals surface area contributed by atoms with Gasteiger partial charge in [0, 0.05) is 12.6 Å². The Morgan fingerprint density at radius 3 is 2.56 bits per heavy atom. The molecule has 1 aliphatic rings. The summed E-state index contributed by atoms with van der Waals surface area (Å²) in [6, 6.07) is 0.451. The molecular weight excluding hydrogens is 118 g/mol. The van der Waals surface area contributed by atoms with Crippen molar-refractivity contribution >= 4 is 0 Å². The minimum Gasteiger partial charge on any atom is -0.395 e. The molecule has 0 aromatic heterocycles. The highest BCUT2D eigenvalue weighted by molar-refractivity contribution is 4.83. The van der Waals surface area contributed by atoms with E-state index in [1.165, 1.54) is 0 Å². The van der Waals surface area contributed by atoms with E-state index in [2.05, 4.69) is 5.32 Å². The zero-order chi connectivity index (χ0) is 6.69. The van der Waals surface area contributed by atoms with Gasteiger partial charge in [-0.2, -0.15) is 0 Å². The van der Waals surface area contributed by atoms with Crippen LogP contribution in [0.5, 0.6) is 0 Å². The number of nitrogens with one attached hydrogen (secondary N) is 1. The number of aliphatic hydroxyl groups is 2. The van der Waals surface area contributed by atoms with Gasteiger partial charge in [-0.25, -0.2) is 0 Å². The molecule has 54 valence electrons. The second-order valence-electron chi connectivity index (χ2n) is 2.50. The summed E-state index contributed by atoms with van der Waals surface area (Å²) in [5.74, 6) is 0. The molecular formula is C6H13NO2. The van der Waals surface area contributed by atoms with Crippen molar-refractivity contribution in [3.05, 3.63) is 0 Å². The zero-order valence-electron chi connectivity index (χ0n) is 5.38. The first-order valence-corrected chi connectivity index (χ1v) is 3.35. The fourth-order valence-corrected chi connectivity index (χ4v) is 1.02. The smallest absolute Gasteiger partial charge is 0.0570 e. The third kappa shape index (κ3) is 1.93. The highest BCUT2D eigenvalue weighted by Gasteiger charge is 2.25. The third-order valence-corrected chi connectivity index (χ3v) is 1.66. The van der Waals surface area contributed by atoms with E-state index >= 15 is 0 Å². The van der Waals surface area contributed by atoms with Crippen molar-refractivity contribution in [2.45, 2.75) is 25.0 Å². The first-order valence-electron chi connectivity index (χ1n) is 3.35. The number of hydrogen-bond acceptors (Lipinski definition) is 3. The molecule has 0 saturated heterocycles. The van der Waals surface area contributed by atoms with Gasteiger partial charge >= 0.3 is 0 Å². The zero-order valence-corrected chi connectivity index (χ0v) is 5.38. The van der Waals surface area contributed by atoms with Gasteiger partial charge in [-0.3, -0.25) is 0 Å². The number of rotatable bonds is 3. The van der Waals surface area contributed by atoms with Crippen molar-refractivity contribution in [1.82, 2.24) is 5.32 Å². The molecule has 0 aliphatic heterocycles. The fraction of sp³-hybridized carbons (Fsp3) is 1.00. The van der Waals surface area contributed by atoms with Gasteiger partial charge in [0.2, 0.25) is 0 Å². The van der Waals surface area contributed by atoms with E-state index in [1.807, 2.05) is 0 Å². The maximum atomic E-state index is 8.82. The minimum atomic E-state index is -0.0961. The maximum absolute atomic E-state index is 8.82. The second-order valence-corrected chi connectivity index (χ2v) is 2.50. The monoisotopic (exact) mass is 131 g/mol. The summed E-state index contributed by atoms with van der Waals surface area (Å²) in [6.07, 6.45) is 1.60. The van der Waals surface area contributed by atoms with Crippen molar-refractivity contribution < 1.29 is 10.2 Å². The highest BCUT2D eigenvalue weighted by Crippen LogP contribution is 2.18. The molecule has 0 aromatic rings. The Kier molecular flexibility index (Phi) is 2.45. The number of aliphatic hydroxyl groups excluding tert-OH is 2. The van der Waals surface area contributed by atoms with Crippen LogP contribution in [-0.4, -0.2) is 35.5 Å². The molecule has 1 fully saturated rings. The average Bonchev–Trinajstić information content (AvgIpc) is 1.78. The van der Waals surface area contributed by atoms with Crippen LogP contribution in [0.3, 0.4) is 0 Å². The van der Waals surface area contributed by atoms with Gasteiger partial charge in [0.1, 0.15) is 0 Å². The van der Waals surface area contributed by atoms with Crippen LogP contribution in [0.25, 0.3) is 0 Å². The summed E-state index contributed by atoms with van der Waals surface area (Å²) in [5, 5.41) is 20.3. The summed E-state index contributed by atoms with van der Waals surface area (Å²) in [4.78, 5) is 0. The van der Waals surface area contributed by atoms with Gasteiger partial charge in [0.05, 0.1) is 12.7 Å². The first kappa shape index (κ1) is 6.99. The van der Waals surface area contributed by atoms with Crippen LogP contribution in [0, 0.1) is 0 Å². The summed E-state index contributed by atoms with van der Waals surface area (Å²) < 4.78 is 0. The first-order chi connectivity index (χ1) is 4.33. The van der Waals surface area contributed by atoms with E-state index in [9.17, 15) is 0 Å². The molecule has 0 unspecified atom stereocenters. The molecule has 0 atom stereocenters. The predicted octanol–water partition coefficient (Wildman–Crippen LogP) is -0.908. The van der Waals surface area contributed by atoms with Crippen molar-refractivity contribution in [2.75, 3.05) is 13.2 Å². The Balaban J connectivity index is 1.91.